The predicted molar refractivity (Wildman–Crippen MR) is 67.3 cm³/mol. The van der Waals surface area contributed by atoms with E-state index in [2.05, 4.69) is 0 Å². The fourth-order valence-electron chi connectivity index (χ4n) is 2.13. The molecule has 1 aliphatic rings. The molecule has 0 spiro atoms. The summed E-state index contributed by atoms with van der Waals surface area (Å²) in [5.41, 5.74) is 0. The van der Waals surface area contributed by atoms with Crippen LogP contribution in [0.15, 0.2) is 22.8 Å². The number of carbonyl (C=O) groups excluding carboxylic acids is 1. The van der Waals surface area contributed by atoms with Crippen LogP contribution >= 0.6 is 11.8 Å². The Kier molecular flexibility index (Phi) is 3.96. The zero-order chi connectivity index (χ0) is 13.1. The highest BCUT2D eigenvalue weighted by atomic mass is 32.2. The zero-order valence-corrected chi connectivity index (χ0v) is 10.9. The molecular formula is C12H15NO4S. The molecule has 2 atom stereocenters. The van der Waals surface area contributed by atoms with Crippen molar-refractivity contribution < 1.29 is 19.1 Å². The lowest BCUT2D eigenvalue weighted by atomic mass is 10.1. The molecule has 5 nitrogen and oxygen atoms in total. The smallest absolute Gasteiger partial charge is 0.319 e. The summed E-state index contributed by atoms with van der Waals surface area (Å²) >= 11 is 1.16. The minimum absolute atomic E-state index is 0.0271. The second kappa shape index (κ2) is 5.48. The molecule has 2 unspecified atom stereocenters. The van der Waals surface area contributed by atoms with Gasteiger partial charge in [-0.15, -0.1) is 11.8 Å². The summed E-state index contributed by atoms with van der Waals surface area (Å²) in [6, 6.07) is 2.92. The number of rotatable bonds is 4. The molecule has 0 aromatic carbocycles. The Morgan fingerprint density at radius 3 is 3.00 bits per heavy atom. The first-order valence-electron chi connectivity index (χ1n) is 5.82. The first-order chi connectivity index (χ1) is 8.65. The van der Waals surface area contributed by atoms with Crippen LogP contribution in [-0.2, 0) is 9.59 Å². The first-order valence-corrected chi connectivity index (χ1v) is 6.87. The van der Waals surface area contributed by atoms with E-state index in [1.165, 1.54) is 6.26 Å². The molecule has 0 radical (unpaired) electrons. The molecule has 1 N–H and O–H groups in total. The van der Waals surface area contributed by atoms with Crippen molar-refractivity contribution in [1.82, 2.24) is 4.90 Å². The number of hydrogen-bond acceptors (Lipinski definition) is 4. The number of carboxylic acids is 1. The molecule has 18 heavy (non-hydrogen) atoms. The van der Waals surface area contributed by atoms with E-state index < -0.39 is 17.3 Å². The summed E-state index contributed by atoms with van der Waals surface area (Å²) in [4.78, 5) is 24.9. The number of carboxylic acid groups (broad SMARTS) is 1. The quantitative estimate of drug-likeness (QED) is 0.901. The molecule has 1 aromatic heterocycles. The lowest BCUT2D eigenvalue weighted by molar-refractivity contribution is -0.140. The van der Waals surface area contributed by atoms with Gasteiger partial charge in [0.2, 0.25) is 5.91 Å². The number of aliphatic carboxylic acids is 1. The Balaban J connectivity index is 2.34. The van der Waals surface area contributed by atoms with E-state index in [1.54, 1.807) is 17.0 Å². The van der Waals surface area contributed by atoms with E-state index in [9.17, 15) is 14.7 Å². The van der Waals surface area contributed by atoms with E-state index in [4.69, 9.17) is 4.42 Å². The Morgan fingerprint density at radius 1 is 1.67 bits per heavy atom. The summed E-state index contributed by atoms with van der Waals surface area (Å²) in [6.07, 6.45) is 2.29. The van der Waals surface area contributed by atoms with Gasteiger partial charge in [0.25, 0.3) is 0 Å². The molecule has 0 aliphatic carbocycles. The van der Waals surface area contributed by atoms with Crippen molar-refractivity contribution in [3.05, 3.63) is 24.2 Å². The maximum absolute atomic E-state index is 11.9. The standard InChI is InChI=1S/C12H15NO4S/c1-2-5-13-9(14)7-18-11(12(15)16)10(13)8-4-3-6-17-8/h3-4,6,10-11H,2,5,7H2,1H3,(H,15,16). The van der Waals surface area contributed by atoms with Crippen LogP contribution in [0.4, 0.5) is 0 Å². The summed E-state index contributed by atoms with van der Waals surface area (Å²) < 4.78 is 5.31. The van der Waals surface area contributed by atoms with Crippen LogP contribution in [0.3, 0.4) is 0 Å². The van der Waals surface area contributed by atoms with Gasteiger partial charge in [-0.05, 0) is 18.6 Å². The van der Waals surface area contributed by atoms with E-state index in [0.29, 0.717) is 12.3 Å². The van der Waals surface area contributed by atoms with Gasteiger partial charge in [0.15, 0.2) is 0 Å². The van der Waals surface area contributed by atoms with Crippen LogP contribution in [0.1, 0.15) is 25.1 Å². The Morgan fingerprint density at radius 2 is 2.44 bits per heavy atom. The van der Waals surface area contributed by atoms with E-state index >= 15 is 0 Å². The van der Waals surface area contributed by atoms with Crippen molar-refractivity contribution in [2.45, 2.75) is 24.6 Å². The summed E-state index contributed by atoms with van der Waals surface area (Å²) in [5.74, 6) is -0.180. The van der Waals surface area contributed by atoms with Gasteiger partial charge in [-0.25, -0.2) is 0 Å². The van der Waals surface area contributed by atoms with Crippen molar-refractivity contribution in [3.8, 4) is 0 Å². The average molecular weight is 269 g/mol. The van der Waals surface area contributed by atoms with Crippen LogP contribution < -0.4 is 0 Å². The maximum Gasteiger partial charge on any atom is 0.319 e. The monoisotopic (exact) mass is 269 g/mol. The predicted octanol–water partition coefficient (Wildman–Crippen LogP) is 1.76. The second-order valence-electron chi connectivity index (χ2n) is 4.12. The van der Waals surface area contributed by atoms with Gasteiger partial charge < -0.3 is 14.4 Å². The minimum atomic E-state index is -0.907. The molecule has 2 rings (SSSR count). The SMILES string of the molecule is CCCN1C(=O)CSC(C(=O)O)C1c1ccco1. The molecule has 1 aromatic rings. The topological polar surface area (TPSA) is 70.8 Å². The molecule has 1 fully saturated rings. The van der Waals surface area contributed by atoms with Gasteiger partial charge in [-0.1, -0.05) is 6.92 Å². The summed E-state index contributed by atoms with van der Waals surface area (Å²) in [6.45, 7) is 2.51. The Bertz CT molecular complexity index is 431. The number of furan rings is 1. The summed E-state index contributed by atoms with van der Waals surface area (Å²) in [5, 5.41) is 8.61. The van der Waals surface area contributed by atoms with Crippen LogP contribution in [-0.4, -0.2) is 39.4 Å². The number of carbonyl (C=O) groups is 2. The van der Waals surface area contributed by atoms with Crippen molar-refractivity contribution in [1.29, 1.82) is 0 Å². The average Bonchev–Trinajstić information content (AvgIpc) is 2.84. The Hall–Kier alpha value is -1.43. The first kappa shape index (κ1) is 13.0. The van der Waals surface area contributed by atoms with E-state index in [-0.39, 0.29) is 11.7 Å². The number of amides is 1. The van der Waals surface area contributed by atoms with Crippen LogP contribution in [0.25, 0.3) is 0 Å². The molecule has 2 heterocycles. The summed E-state index contributed by atoms with van der Waals surface area (Å²) in [7, 11) is 0. The highest BCUT2D eigenvalue weighted by molar-refractivity contribution is 8.01. The molecule has 1 aliphatic heterocycles. The van der Waals surface area contributed by atoms with Gasteiger partial charge in [0.1, 0.15) is 17.1 Å². The van der Waals surface area contributed by atoms with Crippen molar-refractivity contribution >= 4 is 23.6 Å². The highest BCUT2D eigenvalue weighted by Crippen LogP contribution is 2.37. The van der Waals surface area contributed by atoms with Gasteiger partial charge in [0.05, 0.1) is 12.0 Å². The molecule has 6 heteroatoms. The Labute approximate surface area is 109 Å². The normalized spacial score (nSPS) is 24.3. The molecular weight excluding hydrogens is 254 g/mol. The molecule has 0 bridgehead atoms. The third-order valence-electron chi connectivity index (χ3n) is 2.87. The zero-order valence-electron chi connectivity index (χ0n) is 10.0. The lowest BCUT2D eigenvalue weighted by Crippen LogP contribution is -2.47. The molecule has 98 valence electrons. The van der Waals surface area contributed by atoms with E-state index in [0.717, 1.165) is 18.2 Å². The van der Waals surface area contributed by atoms with Crippen LogP contribution in [0, 0.1) is 0 Å². The largest absolute Gasteiger partial charge is 0.480 e. The highest BCUT2D eigenvalue weighted by Gasteiger charge is 2.42. The van der Waals surface area contributed by atoms with E-state index in [1.807, 2.05) is 6.92 Å². The fraction of sp³-hybridized carbons (Fsp3) is 0.500. The molecule has 1 saturated heterocycles. The third kappa shape index (κ3) is 2.38. The van der Waals surface area contributed by atoms with Gasteiger partial charge >= 0.3 is 5.97 Å². The molecule has 1 amide bonds. The maximum atomic E-state index is 11.9. The van der Waals surface area contributed by atoms with Gasteiger partial charge in [0, 0.05) is 6.54 Å². The van der Waals surface area contributed by atoms with Crippen molar-refractivity contribution in [2.75, 3.05) is 12.3 Å². The third-order valence-corrected chi connectivity index (χ3v) is 4.10. The van der Waals surface area contributed by atoms with Crippen LogP contribution in [0.2, 0.25) is 0 Å². The number of hydrogen-bond donors (Lipinski definition) is 1. The second-order valence-corrected chi connectivity index (χ2v) is 5.25. The molecule has 0 saturated carbocycles. The van der Waals surface area contributed by atoms with Gasteiger partial charge in [-0.2, -0.15) is 0 Å². The minimum Gasteiger partial charge on any atom is -0.480 e. The lowest BCUT2D eigenvalue weighted by Gasteiger charge is -2.37. The van der Waals surface area contributed by atoms with Crippen LogP contribution in [0.5, 0.6) is 0 Å². The number of nitrogens with zero attached hydrogens (tertiary/aromatic N) is 1. The van der Waals surface area contributed by atoms with Crippen molar-refractivity contribution in [3.63, 3.8) is 0 Å². The fourth-order valence-corrected chi connectivity index (χ4v) is 3.22. The van der Waals surface area contributed by atoms with Crippen molar-refractivity contribution in [2.24, 2.45) is 0 Å². The van der Waals surface area contributed by atoms with Gasteiger partial charge in [-0.3, -0.25) is 9.59 Å². The number of thioether (sulfide) groups is 1.